The summed E-state index contributed by atoms with van der Waals surface area (Å²) in [5.74, 6) is 7.09. The fraction of sp³-hybridized carbons (Fsp3) is 0.667. The van der Waals surface area contributed by atoms with Crippen LogP contribution in [-0.4, -0.2) is 46.6 Å². The lowest BCUT2D eigenvalue weighted by Gasteiger charge is -2.43. The Morgan fingerprint density at radius 1 is 1.37 bits per heavy atom. The molecule has 0 aromatic carbocycles. The van der Waals surface area contributed by atoms with Gasteiger partial charge in [-0.15, -0.1) is 0 Å². The van der Waals surface area contributed by atoms with E-state index in [-0.39, 0.29) is 5.95 Å². The number of nitrogens with two attached hydrogens (primary N) is 2. The van der Waals surface area contributed by atoms with Gasteiger partial charge in [0.2, 0.25) is 5.95 Å². The molecule has 0 bridgehead atoms. The van der Waals surface area contributed by atoms with Gasteiger partial charge in [-0.1, -0.05) is 0 Å². The van der Waals surface area contributed by atoms with E-state index in [4.69, 9.17) is 11.6 Å². The molecule has 7 heteroatoms. The monoisotopic (exact) mass is 263 g/mol. The van der Waals surface area contributed by atoms with E-state index in [1.54, 1.807) is 0 Å². The van der Waals surface area contributed by atoms with Crippen molar-refractivity contribution in [2.45, 2.75) is 31.8 Å². The van der Waals surface area contributed by atoms with Gasteiger partial charge >= 0.3 is 0 Å². The first-order valence-corrected chi connectivity index (χ1v) is 6.79. The SMILES string of the molecule is CC1CN2CCCC2CN1c1cc(NN)nc(N)n1. The first kappa shape index (κ1) is 12.4. The maximum absolute atomic E-state index is 5.74. The topological polar surface area (TPSA) is 96.3 Å². The van der Waals surface area contributed by atoms with Crippen LogP contribution in [0.15, 0.2) is 6.07 Å². The lowest BCUT2D eigenvalue weighted by Crippen LogP contribution is -2.55. The molecule has 19 heavy (non-hydrogen) atoms. The molecule has 2 fully saturated rings. The molecule has 2 aliphatic rings. The van der Waals surface area contributed by atoms with Crippen LogP contribution in [0, 0.1) is 0 Å². The van der Waals surface area contributed by atoms with E-state index in [1.807, 2.05) is 6.07 Å². The molecule has 0 saturated carbocycles. The Morgan fingerprint density at radius 2 is 2.21 bits per heavy atom. The number of anilines is 3. The minimum atomic E-state index is 0.256. The number of nitrogens with one attached hydrogen (secondary N) is 1. The fourth-order valence-electron chi connectivity index (χ4n) is 3.18. The Morgan fingerprint density at radius 3 is 3.00 bits per heavy atom. The van der Waals surface area contributed by atoms with E-state index in [0.29, 0.717) is 17.9 Å². The van der Waals surface area contributed by atoms with Crippen molar-refractivity contribution in [2.75, 3.05) is 35.7 Å². The predicted molar refractivity (Wildman–Crippen MR) is 75.7 cm³/mol. The molecule has 1 aromatic heterocycles. The van der Waals surface area contributed by atoms with E-state index >= 15 is 0 Å². The Balaban J connectivity index is 1.86. The van der Waals surface area contributed by atoms with Crippen LogP contribution in [0.1, 0.15) is 19.8 Å². The summed E-state index contributed by atoms with van der Waals surface area (Å²) in [7, 11) is 0. The summed E-state index contributed by atoms with van der Waals surface area (Å²) in [6, 6.07) is 2.92. The number of hydrogen-bond donors (Lipinski definition) is 3. The summed E-state index contributed by atoms with van der Waals surface area (Å²) < 4.78 is 0. The van der Waals surface area contributed by atoms with Crippen molar-refractivity contribution < 1.29 is 0 Å². The molecule has 3 rings (SSSR count). The average Bonchev–Trinajstić information content (AvgIpc) is 2.84. The minimum absolute atomic E-state index is 0.256. The third kappa shape index (κ3) is 2.31. The summed E-state index contributed by atoms with van der Waals surface area (Å²) >= 11 is 0. The molecule has 0 aliphatic carbocycles. The van der Waals surface area contributed by atoms with Gasteiger partial charge in [0, 0.05) is 31.2 Å². The standard InChI is InChI=1S/C12H21N7/c1-8-6-18-4-2-3-9(18)7-19(8)11-5-10(17-14)15-12(13)16-11/h5,8-9H,2-4,6-7,14H2,1H3,(H3,13,15,16,17). The van der Waals surface area contributed by atoms with Crippen LogP contribution in [0.5, 0.6) is 0 Å². The van der Waals surface area contributed by atoms with Gasteiger partial charge < -0.3 is 16.1 Å². The second kappa shape index (κ2) is 4.82. The smallest absolute Gasteiger partial charge is 0.223 e. The van der Waals surface area contributed by atoms with Crippen LogP contribution < -0.4 is 21.9 Å². The van der Waals surface area contributed by atoms with Gasteiger partial charge in [0.1, 0.15) is 11.6 Å². The van der Waals surface area contributed by atoms with Gasteiger partial charge in [-0.2, -0.15) is 9.97 Å². The van der Waals surface area contributed by atoms with Crippen LogP contribution in [0.3, 0.4) is 0 Å². The van der Waals surface area contributed by atoms with E-state index in [2.05, 4.69) is 32.1 Å². The average molecular weight is 263 g/mol. The van der Waals surface area contributed by atoms with Crippen LogP contribution in [0.25, 0.3) is 0 Å². The fourth-order valence-corrected chi connectivity index (χ4v) is 3.18. The molecule has 3 heterocycles. The van der Waals surface area contributed by atoms with Crippen molar-refractivity contribution in [1.82, 2.24) is 14.9 Å². The quantitative estimate of drug-likeness (QED) is 0.511. The van der Waals surface area contributed by atoms with Gasteiger partial charge in [-0.3, -0.25) is 4.90 Å². The first-order chi connectivity index (χ1) is 9.17. The molecule has 2 aliphatic heterocycles. The van der Waals surface area contributed by atoms with E-state index in [1.165, 1.54) is 19.4 Å². The summed E-state index contributed by atoms with van der Waals surface area (Å²) in [4.78, 5) is 13.3. The molecule has 1 aromatic rings. The second-order valence-corrected chi connectivity index (χ2v) is 5.41. The molecule has 2 unspecified atom stereocenters. The molecule has 2 saturated heterocycles. The van der Waals surface area contributed by atoms with Crippen molar-refractivity contribution >= 4 is 17.6 Å². The molecule has 104 valence electrons. The first-order valence-electron chi connectivity index (χ1n) is 6.79. The van der Waals surface area contributed by atoms with E-state index in [0.717, 1.165) is 18.9 Å². The number of hydrazine groups is 1. The number of aromatic nitrogens is 2. The number of fused-ring (bicyclic) bond motifs is 1. The zero-order valence-corrected chi connectivity index (χ0v) is 11.2. The molecule has 0 radical (unpaired) electrons. The van der Waals surface area contributed by atoms with E-state index < -0.39 is 0 Å². The highest BCUT2D eigenvalue weighted by atomic mass is 15.3. The molecule has 5 N–H and O–H groups in total. The molecular formula is C12H21N7. The van der Waals surface area contributed by atoms with E-state index in [9.17, 15) is 0 Å². The van der Waals surface area contributed by atoms with Gasteiger partial charge in [0.05, 0.1) is 0 Å². The van der Waals surface area contributed by atoms with Crippen molar-refractivity contribution in [3.8, 4) is 0 Å². The van der Waals surface area contributed by atoms with Crippen LogP contribution >= 0.6 is 0 Å². The number of piperazine rings is 1. The summed E-state index contributed by atoms with van der Waals surface area (Å²) in [6.45, 7) is 5.54. The lowest BCUT2D eigenvalue weighted by atomic mass is 10.1. The normalized spacial score (nSPS) is 27.4. The van der Waals surface area contributed by atoms with Gasteiger partial charge in [0.25, 0.3) is 0 Å². The summed E-state index contributed by atoms with van der Waals surface area (Å²) in [5.41, 5.74) is 8.28. The van der Waals surface area contributed by atoms with Crippen LogP contribution in [0.2, 0.25) is 0 Å². The predicted octanol–water partition coefficient (Wildman–Crippen LogP) is 0.0173. The molecule has 2 atom stereocenters. The number of nitrogen functional groups attached to an aromatic ring is 2. The second-order valence-electron chi connectivity index (χ2n) is 5.41. The highest BCUT2D eigenvalue weighted by Gasteiger charge is 2.35. The Labute approximate surface area is 112 Å². The highest BCUT2D eigenvalue weighted by Crippen LogP contribution is 2.28. The van der Waals surface area contributed by atoms with Crippen LogP contribution in [0.4, 0.5) is 17.6 Å². The molecule has 0 spiro atoms. The number of nitrogens with zero attached hydrogens (tertiary/aromatic N) is 4. The number of hydrogen-bond acceptors (Lipinski definition) is 7. The van der Waals surface area contributed by atoms with Gasteiger partial charge in [-0.05, 0) is 26.3 Å². The van der Waals surface area contributed by atoms with Gasteiger partial charge in [-0.25, -0.2) is 5.84 Å². The Kier molecular flexibility index (Phi) is 3.16. The Bertz CT molecular complexity index is 463. The maximum atomic E-state index is 5.74. The summed E-state index contributed by atoms with van der Waals surface area (Å²) in [6.07, 6.45) is 2.57. The minimum Gasteiger partial charge on any atom is -0.368 e. The highest BCUT2D eigenvalue weighted by molar-refractivity contribution is 5.53. The van der Waals surface area contributed by atoms with Crippen molar-refractivity contribution in [3.63, 3.8) is 0 Å². The summed E-state index contributed by atoms with van der Waals surface area (Å²) in [5, 5.41) is 0. The largest absolute Gasteiger partial charge is 0.368 e. The zero-order chi connectivity index (χ0) is 13.4. The maximum Gasteiger partial charge on any atom is 0.223 e. The van der Waals surface area contributed by atoms with Crippen molar-refractivity contribution in [3.05, 3.63) is 6.07 Å². The van der Waals surface area contributed by atoms with Crippen molar-refractivity contribution in [2.24, 2.45) is 5.84 Å². The zero-order valence-electron chi connectivity index (χ0n) is 11.2. The lowest BCUT2D eigenvalue weighted by molar-refractivity contribution is 0.202. The van der Waals surface area contributed by atoms with Gasteiger partial charge in [0.15, 0.2) is 0 Å². The molecular weight excluding hydrogens is 242 g/mol. The molecule has 7 nitrogen and oxygen atoms in total. The molecule has 0 amide bonds. The third-order valence-electron chi connectivity index (χ3n) is 4.11. The Hall–Kier alpha value is -1.60. The van der Waals surface area contributed by atoms with Crippen molar-refractivity contribution in [1.29, 1.82) is 0 Å². The van der Waals surface area contributed by atoms with Crippen LogP contribution in [-0.2, 0) is 0 Å². The third-order valence-corrected chi connectivity index (χ3v) is 4.11. The number of rotatable bonds is 2.